The molecule has 1 aliphatic carbocycles. The van der Waals surface area contributed by atoms with Crippen LogP contribution >= 0.6 is 0 Å². The van der Waals surface area contributed by atoms with E-state index in [1.165, 1.54) is 22.9 Å². The predicted octanol–water partition coefficient (Wildman–Crippen LogP) is 5.92. The molecule has 2 atom stereocenters. The normalized spacial score (nSPS) is 17.1. The van der Waals surface area contributed by atoms with Crippen molar-refractivity contribution in [3.8, 4) is 34.4 Å². The van der Waals surface area contributed by atoms with Gasteiger partial charge in [-0.1, -0.05) is 25.7 Å². The van der Waals surface area contributed by atoms with Crippen LogP contribution in [0.4, 0.5) is 4.39 Å². The summed E-state index contributed by atoms with van der Waals surface area (Å²) in [5, 5.41) is 30.6. The van der Waals surface area contributed by atoms with Crippen molar-refractivity contribution < 1.29 is 19.0 Å². The van der Waals surface area contributed by atoms with Crippen molar-refractivity contribution in [3.63, 3.8) is 0 Å². The molecule has 49 heavy (non-hydrogen) atoms. The monoisotopic (exact) mass is 681 g/mol. The van der Waals surface area contributed by atoms with Gasteiger partial charge in [-0.05, 0) is 66.8 Å². The van der Waals surface area contributed by atoms with E-state index < -0.39 is 20.0 Å². The van der Waals surface area contributed by atoms with Crippen LogP contribution in [0.3, 0.4) is 0 Å². The molecule has 4 aromatic heterocycles. The number of hydrogen-bond acceptors (Lipinski definition) is 8. The first-order valence-electron chi connectivity index (χ1n) is 16.7. The fraction of sp³-hybridized carbons (Fsp3) is 0.417. The number of hydrogen-bond donors (Lipinski definition) is 1. The van der Waals surface area contributed by atoms with E-state index in [4.69, 9.17) is 14.5 Å². The number of fused-ring (bicyclic) bond motifs is 1. The summed E-state index contributed by atoms with van der Waals surface area (Å²) in [6.07, 6.45) is 4.80. The van der Waals surface area contributed by atoms with E-state index in [0.717, 1.165) is 30.1 Å². The number of aliphatic hydroxyl groups is 1. The molecular formula is C36H40FN7O4Si. The molecule has 13 heteroatoms. The van der Waals surface area contributed by atoms with E-state index in [0.29, 0.717) is 60.1 Å². The highest BCUT2D eigenvalue weighted by Crippen LogP contribution is 2.42. The van der Waals surface area contributed by atoms with E-state index in [2.05, 4.69) is 35.9 Å². The fourth-order valence-corrected chi connectivity index (χ4v) is 7.24. The lowest BCUT2D eigenvalue weighted by molar-refractivity contribution is 0.0606. The molecule has 5 aromatic rings. The summed E-state index contributed by atoms with van der Waals surface area (Å²) in [6, 6.07) is 13.3. The van der Waals surface area contributed by atoms with Gasteiger partial charge in [0.1, 0.15) is 36.3 Å². The molecule has 1 aromatic carbocycles. The van der Waals surface area contributed by atoms with Gasteiger partial charge in [0.25, 0.3) is 5.56 Å². The summed E-state index contributed by atoms with van der Waals surface area (Å²) in [5.41, 5.74) is 3.48. The Balaban J connectivity index is 1.40. The lowest BCUT2D eigenvalue weighted by atomic mass is 9.98. The van der Waals surface area contributed by atoms with Crippen molar-refractivity contribution in [1.29, 1.82) is 5.26 Å². The quantitative estimate of drug-likeness (QED) is 0.134. The van der Waals surface area contributed by atoms with Crippen LogP contribution in [-0.2, 0) is 23.3 Å². The van der Waals surface area contributed by atoms with Gasteiger partial charge in [0.2, 0.25) is 0 Å². The maximum Gasteiger partial charge on any atom is 0.280 e. The van der Waals surface area contributed by atoms with Crippen molar-refractivity contribution in [2.75, 3.05) is 19.8 Å². The molecule has 2 aliphatic rings. The van der Waals surface area contributed by atoms with E-state index >= 15 is 0 Å². The van der Waals surface area contributed by atoms with Crippen molar-refractivity contribution in [1.82, 2.24) is 28.9 Å². The molecular weight excluding hydrogens is 642 g/mol. The largest absolute Gasteiger partial charge is 0.387 e. The van der Waals surface area contributed by atoms with Gasteiger partial charge in [-0.3, -0.25) is 9.36 Å². The highest BCUT2D eigenvalue weighted by molar-refractivity contribution is 6.76. The number of rotatable bonds is 11. The van der Waals surface area contributed by atoms with Crippen LogP contribution in [0.1, 0.15) is 48.2 Å². The number of nitrogens with zero attached hydrogens (tertiary/aromatic N) is 7. The molecule has 11 nitrogen and oxygen atoms in total. The maximum absolute atomic E-state index is 14.6. The second kappa shape index (κ2) is 13.1. The van der Waals surface area contributed by atoms with Crippen LogP contribution < -0.4 is 5.56 Å². The third kappa shape index (κ3) is 6.61. The molecule has 1 aliphatic heterocycles. The third-order valence-electron chi connectivity index (χ3n) is 9.47. The number of benzene rings is 1. The topological polar surface area (TPSA) is 133 Å². The Morgan fingerprint density at radius 3 is 2.65 bits per heavy atom. The second-order valence-electron chi connectivity index (χ2n) is 14.4. The summed E-state index contributed by atoms with van der Waals surface area (Å²) < 4.78 is 31.2. The number of aliphatic hydroxyl groups excluding tert-OH is 1. The summed E-state index contributed by atoms with van der Waals surface area (Å²) >= 11 is 0. The Morgan fingerprint density at radius 2 is 1.98 bits per heavy atom. The minimum Gasteiger partial charge on any atom is -0.387 e. The summed E-state index contributed by atoms with van der Waals surface area (Å²) in [6.45, 7) is 8.35. The molecule has 1 saturated carbocycles. The average molecular weight is 682 g/mol. The molecule has 0 bridgehead atoms. The zero-order valence-electron chi connectivity index (χ0n) is 28.2. The molecule has 2 fully saturated rings. The number of halogens is 1. The van der Waals surface area contributed by atoms with Gasteiger partial charge >= 0.3 is 0 Å². The molecule has 5 heterocycles. The van der Waals surface area contributed by atoms with Crippen LogP contribution in [0, 0.1) is 23.1 Å². The fourth-order valence-electron chi connectivity index (χ4n) is 6.48. The Morgan fingerprint density at radius 1 is 1.16 bits per heavy atom. The number of aryl methyl sites for hydroxylation is 1. The smallest absolute Gasteiger partial charge is 0.280 e. The van der Waals surface area contributed by atoms with Gasteiger partial charge in [0.15, 0.2) is 5.82 Å². The molecule has 0 radical (unpaired) electrons. The highest BCUT2D eigenvalue weighted by Gasteiger charge is 2.31. The van der Waals surface area contributed by atoms with Crippen molar-refractivity contribution in [2.45, 2.75) is 63.7 Å². The summed E-state index contributed by atoms with van der Waals surface area (Å²) in [4.78, 5) is 19.6. The molecule has 1 saturated heterocycles. The van der Waals surface area contributed by atoms with E-state index in [1.54, 1.807) is 40.7 Å². The predicted molar refractivity (Wildman–Crippen MR) is 185 cm³/mol. The van der Waals surface area contributed by atoms with Crippen molar-refractivity contribution >= 4 is 19.0 Å². The number of aromatic nitrogens is 6. The van der Waals surface area contributed by atoms with E-state index in [1.807, 2.05) is 6.07 Å². The van der Waals surface area contributed by atoms with Gasteiger partial charge in [0, 0.05) is 63.0 Å². The van der Waals surface area contributed by atoms with Gasteiger partial charge in [-0.15, -0.1) is 10.2 Å². The SMILES string of the molecule is Cn1cnnc1-c1cc(F)ccc1-c1cc(C2CC2)nc(-n2cc(C#N)c3cc(C(O)C4CCOC4)n(COCC[Si](C)(C)C)c3c2=O)c1. The summed E-state index contributed by atoms with van der Waals surface area (Å²) in [7, 11) is 0.410. The van der Waals surface area contributed by atoms with Gasteiger partial charge in [-0.25, -0.2) is 9.37 Å². The maximum atomic E-state index is 14.6. The highest BCUT2D eigenvalue weighted by atomic mass is 28.3. The number of nitriles is 1. The van der Waals surface area contributed by atoms with Crippen LogP contribution in [-0.4, -0.2) is 61.9 Å². The molecule has 2 unspecified atom stereocenters. The van der Waals surface area contributed by atoms with E-state index in [9.17, 15) is 19.6 Å². The van der Waals surface area contributed by atoms with Gasteiger partial charge in [0.05, 0.1) is 24.0 Å². The Kier molecular flexibility index (Phi) is 8.83. The van der Waals surface area contributed by atoms with Crippen LogP contribution in [0.5, 0.6) is 0 Å². The summed E-state index contributed by atoms with van der Waals surface area (Å²) in [5.74, 6) is 0.516. The minimum absolute atomic E-state index is 0.0511. The zero-order valence-corrected chi connectivity index (χ0v) is 29.2. The molecule has 254 valence electrons. The molecule has 0 amide bonds. The van der Waals surface area contributed by atoms with Gasteiger partial charge < -0.3 is 23.7 Å². The first-order valence-corrected chi connectivity index (χ1v) is 20.4. The minimum atomic E-state index is -1.39. The molecule has 1 N–H and O–H groups in total. The standard InChI is InChI=1S/C36H40FN7O4Si/c1-42-20-39-41-35(42)29-15-26(37)7-8-27(29)24-13-30(22-5-6-22)40-32(14-24)43-18-25(17-38)28-16-31(34(45)23-9-10-47-19-23)44(33(28)36(43)46)21-48-11-12-49(2,3)4/h7-8,13-16,18,20,22-23,34,45H,5-6,9-12,19,21H2,1-4H3. The average Bonchev–Trinajstić information content (AvgIpc) is 3.41. The van der Waals surface area contributed by atoms with E-state index in [-0.39, 0.29) is 35.2 Å². The van der Waals surface area contributed by atoms with Crippen molar-refractivity contribution in [2.24, 2.45) is 13.0 Å². The van der Waals surface area contributed by atoms with Crippen LogP contribution in [0.2, 0.25) is 25.7 Å². The number of ether oxygens (including phenoxy) is 2. The van der Waals surface area contributed by atoms with Crippen molar-refractivity contribution in [3.05, 3.63) is 82.0 Å². The Bertz CT molecular complexity index is 2130. The second-order valence-corrected chi connectivity index (χ2v) is 20.0. The molecule has 0 spiro atoms. The molecule has 7 rings (SSSR count). The lowest BCUT2D eigenvalue weighted by Gasteiger charge is -2.21. The first-order chi connectivity index (χ1) is 23.5. The third-order valence-corrected chi connectivity index (χ3v) is 11.2. The van der Waals surface area contributed by atoms with Crippen LogP contribution in [0.15, 0.2) is 53.7 Å². The number of pyridine rings is 2. The van der Waals surface area contributed by atoms with Crippen LogP contribution in [0.25, 0.3) is 39.2 Å². The Hall–Kier alpha value is -4.48. The lowest BCUT2D eigenvalue weighted by Crippen LogP contribution is -2.25. The zero-order chi connectivity index (χ0) is 34.4. The van der Waals surface area contributed by atoms with Gasteiger partial charge in [-0.2, -0.15) is 5.26 Å². The Labute approximate surface area is 284 Å². The first kappa shape index (κ1) is 33.0.